The zero-order chi connectivity index (χ0) is 18.8. The van der Waals surface area contributed by atoms with E-state index in [-0.39, 0.29) is 18.1 Å². The summed E-state index contributed by atoms with van der Waals surface area (Å²) in [6.45, 7) is 3.03. The van der Waals surface area contributed by atoms with E-state index >= 15 is 0 Å². The Morgan fingerprint density at radius 3 is 2.74 bits per heavy atom. The first-order valence-corrected chi connectivity index (χ1v) is 10.4. The van der Waals surface area contributed by atoms with Crippen molar-refractivity contribution in [3.63, 3.8) is 0 Å². The molecule has 0 spiro atoms. The molecule has 3 heterocycles. The first kappa shape index (κ1) is 17.8. The minimum absolute atomic E-state index is 0.179. The molecule has 138 valence electrons. The minimum Gasteiger partial charge on any atom is -0.510 e. The van der Waals surface area contributed by atoms with Crippen LogP contribution in [0.4, 0.5) is 5.69 Å². The summed E-state index contributed by atoms with van der Waals surface area (Å²) in [7, 11) is 0. The molecule has 0 atom stereocenters. The number of aromatic nitrogens is 1. The molecule has 1 aliphatic heterocycles. The number of ether oxygens (including phenoxy) is 1. The summed E-state index contributed by atoms with van der Waals surface area (Å²) in [6, 6.07) is 11.6. The molecule has 2 N–H and O–H groups in total. The number of thiazole rings is 1. The van der Waals surface area contributed by atoms with Gasteiger partial charge in [0.2, 0.25) is 0 Å². The van der Waals surface area contributed by atoms with Crippen molar-refractivity contribution < 1.29 is 9.84 Å². The lowest BCUT2D eigenvalue weighted by Gasteiger charge is -2.19. The van der Waals surface area contributed by atoms with Crippen molar-refractivity contribution in [2.24, 2.45) is 0 Å². The fourth-order valence-electron chi connectivity index (χ4n) is 2.89. The number of amidine groups is 1. The molecule has 0 saturated heterocycles. The molecule has 7 heteroatoms. The van der Waals surface area contributed by atoms with Crippen molar-refractivity contribution >= 4 is 39.8 Å². The number of aliphatic hydroxyl groups is 1. The molecule has 3 aromatic rings. The average molecular weight is 398 g/mol. The normalized spacial score (nSPS) is 14.3. The molecule has 0 bridgehead atoms. The van der Waals surface area contributed by atoms with Crippen LogP contribution in [0.1, 0.15) is 18.4 Å². The van der Waals surface area contributed by atoms with E-state index in [4.69, 9.17) is 10.1 Å². The van der Waals surface area contributed by atoms with Crippen LogP contribution >= 0.6 is 22.7 Å². The number of aliphatic hydroxyl groups excluding tert-OH is 1. The van der Waals surface area contributed by atoms with Crippen molar-refractivity contribution in [3.05, 3.63) is 57.9 Å². The third kappa shape index (κ3) is 3.48. The first-order chi connectivity index (χ1) is 13.2. The summed E-state index contributed by atoms with van der Waals surface area (Å²) in [4.78, 5) is 7.50. The smallest absolute Gasteiger partial charge is 0.139 e. The molecular weight excluding hydrogens is 378 g/mol. The summed E-state index contributed by atoms with van der Waals surface area (Å²) >= 11 is 3.08. The Morgan fingerprint density at radius 2 is 2.04 bits per heavy atom. The number of thiophene rings is 1. The van der Waals surface area contributed by atoms with Crippen molar-refractivity contribution in [1.82, 2.24) is 4.98 Å². The van der Waals surface area contributed by atoms with Crippen LogP contribution in [0.5, 0.6) is 5.75 Å². The Bertz CT molecular complexity index is 975. The van der Waals surface area contributed by atoms with E-state index < -0.39 is 0 Å². The second-order valence-corrected chi connectivity index (χ2v) is 7.92. The number of hydrogen-bond acceptors (Lipinski definition) is 6. The monoisotopic (exact) mass is 397 g/mol. The van der Waals surface area contributed by atoms with Crippen molar-refractivity contribution in [3.8, 4) is 16.3 Å². The Hall–Kier alpha value is -2.64. The van der Waals surface area contributed by atoms with E-state index in [9.17, 15) is 5.11 Å². The van der Waals surface area contributed by atoms with Crippen molar-refractivity contribution in [1.29, 1.82) is 5.41 Å². The summed E-state index contributed by atoms with van der Waals surface area (Å²) in [5.74, 6) is 1.25. The van der Waals surface area contributed by atoms with E-state index in [2.05, 4.69) is 11.9 Å². The molecule has 0 fully saturated rings. The number of nitrogens with zero attached hydrogens (tertiary/aromatic N) is 2. The van der Waals surface area contributed by atoms with Crippen LogP contribution in [0.25, 0.3) is 16.1 Å². The second-order valence-electron chi connectivity index (χ2n) is 6.11. The fourth-order valence-corrected chi connectivity index (χ4v) is 4.54. The van der Waals surface area contributed by atoms with Gasteiger partial charge in [-0.05, 0) is 42.1 Å². The van der Waals surface area contributed by atoms with E-state index in [1.54, 1.807) is 16.2 Å². The van der Waals surface area contributed by atoms with Crippen LogP contribution in [-0.2, 0) is 0 Å². The van der Waals surface area contributed by atoms with Gasteiger partial charge in [-0.3, -0.25) is 5.41 Å². The maximum absolute atomic E-state index is 10.5. The van der Waals surface area contributed by atoms with Gasteiger partial charge in [-0.15, -0.1) is 22.7 Å². The number of rotatable bonds is 6. The van der Waals surface area contributed by atoms with Gasteiger partial charge in [-0.1, -0.05) is 13.0 Å². The van der Waals surface area contributed by atoms with Gasteiger partial charge in [0.1, 0.15) is 22.4 Å². The highest BCUT2D eigenvalue weighted by atomic mass is 32.1. The average Bonchev–Trinajstić information content (AvgIpc) is 3.41. The van der Waals surface area contributed by atoms with Crippen LogP contribution in [0.15, 0.2) is 52.9 Å². The highest BCUT2D eigenvalue weighted by Crippen LogP contribution is 2.35. The Balaban J connectivity index is 1.55. The minimum atomic E-state index is 0.179. The molecule has 2 aromatic heterocycles. The predicted molar refractivity (Wildman–Crippen MR) is 112 cm³/mol. The van der Waals surface area contributed by atoms with E-state index in [1.807, 2.05) is 47.2 Å². The van der Waals surface area contributed by atoms with Crippen molar-refractivity contribution in [2.45, 2.75) is 13.3 Å². The quantitative estimate of drug-likeness (QED) is 0.582. The topological polar surface area (TPSA) is 69.4 Å². The van der Waals surface area contributed by atoms with Crippen LogP contribution in [-0.4, -0.2) is 29.1 Å². The first-order valence-electron chi connectivity index (χ1n) is 8.68. The molecule has 1 aliphatic rings. The molecule has 0 saturated carbocycles. The molecule has 27 heavy (non-hydrogen) atoms. The molecule has 1 aromatic carbocycles. The van der Waals surface area contributed by atoms with Crippen LogP contribution in [0.2, 0.25) is 0 Å². The van der Waals surface area contributed by atoms with E-state index in [0.717, 1.165) is 28.4 Å². The summed E-state index contributed by atoms with van der Waals surface area (Å²) in [5, 5.41) is 23.7. The van der Waals surface area contributed by atoms with Gasteiger partial charge < -0.3 is 14.7 Å². The third-order valence-corrected chi connectivity index (χ3v) is 5.97. The Labute approximate surface area is 165 Å². The second kappa shape index (κ2) is 7.54. The van der Waals surface area contributed by atoms with Gasteiger partial charge in [-0.25, -0.2) is 4.98 Å². The molecule has 0 radical (unpaired) electrons. The number of nitrogens with one attached hydrogen (secondary N) is 1. The van der Waals surface area contributed by atoms with Gasteiger partial charge in [0.05, 0.1) is 29.3 Å². The lowest BCUT2D eigenvalue weighted by Crippen LogP contribution is -2.25. The van der Waals surface area contributed by atoms with Gasteiger partial charge >= 0.3 is 0 Å². The number of benzene rings is 1. The SMILES string of the molecule is CCCOc1ccc(N2CC(O)=C(c3nc(-c4cccs4)cs3)C2=N)cc1. The molecular formula is C20H19N3O2S2. The molecule has 5 nitrogen and oxygen atoms in total. The van der Waals surface area contributed by atoms with Crippen molar-refractivity contribution in [2.75, 3.05) is 18.1 Å². The molecule has 4 rings (SSSR count). The van der Waals surface area contributed by atoms with Gasteiger partial charge in [0.15, 0.2) is 0 Å². The van der Waals surface area contributed by atoms with E-state index in [0.29, 0.717) is 17.2 Å². The Kier molecular flexibility index (Phi) is 4.96. The highest BCUT2D eigenvalue weighted by Gasteiger charge is 2.31. The lowest BCUT2D eigenvalue weighted by molar-refractivity contribution is 0.317. The van der Waals surface area contributed by atoms with Gasteiger partial charge in [0.25, 0.3) is 0 Å². The van der Waals surface area contributed by atoms with Crippen LogP contribution < -0.4 is 9.64 Å². The molecule has 0 aliphatic carbocycles. The Morgan fingerprint density at radius 1 is 1.22 bits per heavy atom. The molecule has 0 unspecified atom stereocenters. The summed E-state index contributed by atoms with van der Waals surface area (Å²) < 4.78 is 5.61. The lowest BCUT2D eigenvalue weighted by atomic mass is 10.2. The van der Waals surface area contributed by atoms with Gasteiger partial charge in [-0.2, -0.15) is 0 Å². The van der Waals surface area contributed by atoms with E-state index in [1.165, 1.54) is 11.3 Å². The number of anilines is 1. The largest absolute Gasteiger partial charge is 0.510 e. The highest BCUT2D eigenvalue weighted by molar-refractivity contribution is 7.14. The zero-order valence-corrected chi connectivity index (χ0v) is 16.4. The van der Waals surface area contributed by atoms with Crippen LogP contribution in [0, 0.1) is 5.41 Å². The maximum atomic E-state index is 10.5. The van der Waals surface area contributed by atoms with Gasteiger partial charge in [0, 0.05) is 11.1 Å². The zero-order valence-electron chi connectivity index (χ0n) is 14.8. The third-order valence-electron chi connectivity index (χ3n) is 4.22. The fraction of sp³-hybridized carbons (Fsp3) is 0.200. The number of hydrogen-bond donors (Lipinski definition) is 2. The van der Waals surface area contributed by atoms with Crippen LogP contribution in [0.3, 0.4) is 0 Å². The standard InChI is InChI=1S/C20H19N3O2S2/c1-2-9-25-14-7-5-13(6-8-14)23-11-16(24)18(19(23)21)20-22-15(12-27-20)17-4-3-10-26-17/h3-8,10,12,21,24H,2,9,11H2,1H3. The molecule has 0 amide bonds. The maximum Gasteiger partial charge on any atom is 0.139 e. The summed E-state index contributed by atoms with van der Waals surface area (Å²) in [5.41, 5.74) is 2.24. The predicted octanol–water partition coefficient (Wildman–Crippen LogP) is 5.43. The summed E-state index contributed by atoms with van der Waals surface area (Å²) in [6.07, 6.45) is 0.959.